The molecule has 5 heteroatoms. The van der Waals surface area contributed by atoms with E-state index in [1.54, 1.807) is 30.3 Å². The number of hydrogen-bond donors (Lipinski definition) is 3. The van der Waals surface area contributed by atoms with E-state index in [2.05, 4.69) is 25.3 Å². The van der Waals surface area contributed by atoms with Gasteiger partial charge in [-0.3, -0.25) is 4.79 Å². The van der Waals surface area contributed by atoms with Crippen LogP contribution in [0, 0.1) is 0 Å². The molecule has 0 bridgehead atoms. The first-order valence-electron chi connectivity index (χ1n) is 5.46. The molecule has 0 aromatic heterocycles. The fourth-order valence-corrected chi connectivity index (χ4v) is 2.74. The molecule has 2 aromatic carbocycles. The summed E-state index contributed by atoms with van der Waals surface area (Å²) in [4.78, 5) is 14.6. The maximum Gasteiger partial charge on any atom is 0.197 e. The summed E-state index contributed by atoms with van der Waals surface area (Å²) >= 11 is 9.97. The van der Waals surface area contributed by atoms with Gasteiger partial charge in [-0.1, -0.05) is 0 Å². The van der Waals surface area contributed by atoms with Gasteiger partial charge in [0.25, 0.3) is 0 Å². The van der Waals surface area contributed by atoms with Gasteiger partial charge in [0.15, 0.2) is 5.78 Å². The molecule has 0 radical (unpaired) electrons. The summed E-state index contributed by atoms with van der Waals surface area (Å²) in [5, 5.41) is 9.93. The normalized spacial score (nSPS) is 10.5. The molecule has 19 heavy (non-hydrogen) atoms. The third-order valence-electron chi connectivity index (χ3n) is 2.68. The van der Waals surface area contributed by atoms with Crippen LogP contribution >= 0.6 is 37.0 Å². The van der Waals surface area contributed by atoms with E-state index in [1.165, 1.54) is 11.8 Å². The van der Waals surface area contributed by atoms with E-state index >= 15 is 0 Å². The molecule has 0 unspecified atom stereocenters. The molecule has 0 atom stereocenters. The molecule has 1 N–H and O–H groups in total. The van der Waals surface area contributed by atoms with Crippen LogP contribution in [-0.4, -0.2) is 17.1 Å². The number of carbonyl (C=O) groups excluding carboxylic acids is 1. The minimum absolute atomic E-state index is 0.0143. The zero-order valence-electron chi connectivity index (χ0n) is 10.1. The highest BCUT2D eigenvalue weighted by Gasteiger charge is 2.16. The van der Waals surface area contributed by atoms with Crippen molar-refractivity contribution in [2.75, 3.05) is 6.26 Å². The van der Waals surface area contributed by atoms with Crippen LogP contribution in [0.3, 0.4) is 0 Å². The molecule has 0 aliphatic rings. The van der Waals surface area contributed by atoms with E-state index < -0.39 is 0 Å². The number of phenolic OH excluding ortho intramolecular Hbond substituents is 1. The van der Waals surface area contributed by atoms with Crippen molar-refractivity contribution in [2.45, 2.75) is 14.7 Å². The van der Waals surface area contributed by atoms with Crippen LogP contribution in [-0.2, 0) is 0 Å². The van der Waals surface area contributed by atoms with Crippen LogP contribution in [0.4, 0.5) is 0 Å². The van der Waals surface area contributed by atoms with Crippen molar-refractivity contribution in [1.29, 1.82) is 0 Å². The van der Waals surface area contributed by atoms with Crippen molar-refractivity contribution in [3.63, 3.8) is 0 Å². The van der Waals surface area contributed by atoms with E-state index in [1.807, 2.05) is 12.3 Å². The Kier molecular flexibility index (Phi) is 4.50. The highest BCUT2D eigenvalue weighted by molar-refractivity contribution is 7.98. The van der Waals surface area contributed by atoms with E-state index in [0.717, 1.165) is 9.79 Å². The van der Waals surface area contributed by atoms with Crippen LogP contribution in [0.2, 0.25) is 0 Å². The van der Waals surface area contributed by atoms with Crippen molar-refractivity contribution >= 4 is 42.8 Å². The maximum atomic E-state index is 12.4. The highest BCUT2D eigenvalue weighted by Crippen LogP contribution is 2.28. The Hall–Kier alpha value is -1.04. The second kappa shape index (κ2) is 5.94. The molecular weight excluding hydrogens is 296 g/mol. The second-order valence-electron chi connectivity index (χ2n) is 3.91. The molecule has 0 aliphatic carbocycles. The summed E-state index contributed by atoms with van der Waals surface area (Å²) in [6.45, 7) is 0. The van der Waals surface area contributed by atoms with Crippen molar-refractivity contribution in [2.24, 2.45) is 0 Å². The molecule has 98 valence electrons. The van der Waals surface area contributed by atoms with E-state index in [0.29, 0.717) is 10.5 Å². The number of ketones is 1. The summed E-state index contributed by atoms with van der Waals surface area (Å²) in [6, 6.07) is 10.1. The highest BCUT2D eigenvalue weighted by atomic mass is 32.2. The van der Waals surface area contributed by atoms with Crippen molar-refractivity contribution in [3.8, 4) is 5.75 Å². The van der Waals surface area contributed by atoms with Crippen LogP contribution < -0.4 is 0 Å². The largest absolute Gasteiger partial charge is 0.507 e. The number of hydrogen-bond acceptors (Lipinski definition) is 5. The van der Waals surface area contributed by atoms with E-state index in [-0.39, 0.29) is 17.1 Å². The fraction of sp³-hybridized carbons (Fsp3) is 0.0714. The first kappa shape index (κ1) is 14.4. The summed E-state index contributed by atoms with van der Waals surface area (Å²) in [7, 11) is 0. The Labute approximate surface area is 127 Å². The first-order valence-corrected chi connectivity index (χ1v) is 7.58. The van der Waals surface area contributed by atoms with Gasteiger partial charge in [-0.25, -0.2) is 0 Å². The molecule has 2 aromatic rings. The van der Waals surface area contributed by atoms with Crippen LogP contribution in [0.15, 0.2) is 51.1 Å². The maximum absolute atomic E-state index is 12.4. The predicted molar refractivity (Wildman–Crippen MR) is 84.3 cm³/mol. The van der Waals surface area contributed by atoms with Crippen LogP contribution in [0.1, 0.15) is 15.9 Å². The fourth-order valence-electron chi connectivity index (χ4n) is 1.69. The molecule has 2 nitrogen and oxygen atoms in total. The minimum atomic E-state index is -0.247. The lowest BCUT2D eigenvalue weighted by atomic mass is 10.0. The molecule has 0 saturated heterocycles. The SMILES string of the molecule is CSc1ccc(C(=O)c2ccc(S)cc2S)c(O)c1. The average Bonchev–Trinajstić information content (AvgIpc) is 2.37. The second-order valence-corrected chi connectivity index (χ2v) is 5.79. The third-order valence-corrected chi connectivity index (χ3v) is 4.05. The Balaban J connectivity index is 2.44. The number of thioether (sulfide) groups is 1. The molecule has 0 fully saturated rings. The summed E-state index contributed by atoms with van der Waals surface area (Å²) < 4.78 is 0. The zero-order chi connectivity index (χ0) is 14.0. The summed E-state index contributed by atoms with van der Waals surface area (Å²) in [5.41, 5.74) is 0.730. The topological polar surface area (TPSA) is 37.3 Å². The summed E-state index contributed by atoms with van der Waals surface area (Å²) in [5.74, 6) is -0.261. The third kappa shape index (κ3) is 3.11. The lowest BCUT2D eigenvalue weighted by Crippen LogP contribution is -2.03. The first-order chi connectivity index (χ1) is 9.02. The number of phenols is 1. The van der Waals surface area contributed by atoms with E-state index in [9.17, 15) is 9.90 Å². The van der Waals surface area contributed by atoms with Gasteiger partial charge < -0.3 is 5.11 Å². The van der Waals surface area contributed by atoms with Crippen LogP contribution in [0.25, 0.3) is 0 Å². The molecule has 0 spiro atoms. The van der Waals surface area contributed by atoms with Crippen molar-refractivity contribution < 1.29 is 9.90 Å². The van der Waals surface area contributed by atoms with Crippen molar-refractivity contribution in [1.82, 2.24) is 0 Å². The Morgan fingerprint density at radius 2 is 1.79 bits per heavy atom. The average molecular weight is 308 g/mol. The van der Waals surface area contributed by atoms with Crippen LogP contribution in [0.5, 0.6) is 5.75 Å². The smallest absolute Gasteiger partial charge is 0.197 e. The van der Waals surface area contributed by atoms with Gasteiger partial charge in [-0.2, -0.15) is 0 Å². The van der Waals surface area contributed by atoms with Gasteiger partial charge in [0.05, 0.1) is 5.56 Å². The Morgan fingerprint density at radius 1 is 1.11 bits per heavy atom. The van der Waals surface area contributed by atoms with Gasteiger partial charge in [0.1, 0.15) is 5.75 Å². The number of thiol groups is 2. The molecular formula is C14H12O2S3. The standard InChI is InChI=1S/C14H12O2S3/c1-19-9-3-5-10(12(15)7-9)14(16)11-4-2-8(17)6-13(11)18/h2-7,15,17-18H,1H3. The quantitative estimate of drug-likeness (QED) is 0.457. The molecule has 2 rings (SSSR count). The molecule has 0 heterocycles. The van der Waals surface area contributed by atoms with Gasteiger partial charge >= 0.3 is 0 Å². The van der Waals surface area contributed by atoms with Gasteiger partial charge in [0, 0.05) is 20.2 Å². The summed E-state index contributed by atoms with van der Waals surface area (Å²) in [6.07, 6.45) is 1.91. The lowest BCUT2D eigenvalue weighted by molar-refractivity contribution is 0.103. The number of aromatic hydroxyl groups is 1. The van der Waals surface area contributed by atoms with Gasteiger partial charge in [-0.15, -0.1) is 37.0 Å². The minimum Gasteiger partial charge on any atom is -0.507 e. The Morgan fingerprint density at radius 3 is 2.37 bits per heavy atom. The Bertz CT molecular complexity index is 639. The lowest BCUT2D eigenvalue weighted by Gasteiger charge is -2.08. The number of carbonyl (C=O) groups is 1. The van der Waals surface area contributed by atoms with Gasteiger partial charge in [0.2, 0.25) is 0 Å². The predicted octanol–water partition coefficient (Wildman–Crippen LogP) is 3.92. The number of benzene rings is 2. The monoisotopic (exact) mass is 308 g/mol. The van der Waals surface area contributed by atoms with Gasteiger partial charge in [-0.05, 0) is 42.7 Å². The van der Waals surface area contributed by atoms with Crippen molar-refractivity contribution in [3.05, 3.63) is 47.5 Å². The molecule has 0 amide bonds. The van der Waals surface area contributed by atoms with E-state index in [4.69, 9.17) is 0 Å². The molecule has 0 aliphatic heterocycles. The molecule has 0 saturated carbocycles. The number of rotatable bonds is 3. The zero-order valence-corrected chi connectivity index (χ0v) is 12.7.